The number of piperazine rings is 1. The molecule has 0 bridgehead atoms. The molecular formula is C13H23N3O. The average Bonchev–Trinajstić information content (AvgIpc) is 2.74. The van der Waals surface area contributed by atoms with Gasteiger partial charge in [0.2, 0.25) is 5.91 Å². The molecule has 2 rings (SSSR count). The Kier molecular flexibility index (Phi) is 3.84. The Balaban J connectivity index is 2.00. The molecule has 0 aromatic carbocycles. The Morgan fingerprint density at radius 3 is 3.06 bits per heavy atom. The van der Waals surface area contributed by atoms with E-state index in [2.05, 4.69) is 18.4 Å². The molecule has 0 aromatic rings. The molecule has 2 aliphatic rings. The highest BCUT2D eigenvalue weighted by molar-refractivity contribution is 5.82. The first kappa shape index (κ1) is 12.6. The van der Waals surface area contributed by atoms with Gasteiger partial charge in [0.15, 0.2) is 0 Å². The van der Waals surface area contributed by atoms with Crippen LogP contribution in [0, 0.1) is 0 Å². The first-order chi connectivity index (χ1) is 8.13. The summed E-state index contributed by atoms with van der Waals surface area (Å²) in [6, 6.07) is 0.432. The summed E-state index contributed by atoms with van der Waals surface area (Å²) in [6.07, 6.45) is 4.76. The average molecular weight is 237 g/mol. The maximum atomic E-state index is 12.2. The number of nitrogens with zero attached hydrogens (tertiary/aromatic N) is 2. The van der Waals surface area contributed by atoms with Crippen molar-refractivity contribution >= 4 is 5.91 Å². The third-order valence-electron chi connectivity index (χ3n) is 3.96. The molecule has 2 saturated heterocycles. The predicted molar refractivity (Wildman–Crippen MR) is 68.6 cm³/mol. The Bertz CT molecular complexity index is 305. The van der Waals surface area contributed by atoms with Crippen LogP contribution in [0.2, 0.25) is 0 Å². The maximum absolute atomic E-state index is 12.2. The van der Waals surface area contributed by atoms with E-state index in [0.717, 1.165) is 13.1 Å². The molecule has 17 heavy (non-hydrogen) atoms. The van der Waals surface area contributed by atoms with E-state index in [-0.39, 0.29) is 11.9 Å². The van der Waals surface area contributed by atoms with Crippen LogP contribution in [0.1, 0.15) is 26.2 Å². The van der Waals surface area contributed by atoms with E-state index in [0.29, 0.717) is 12.5 Å². The molecule has 2 aliphatic heterocycles. The third-order valence-corrected chi connectivity index (χ3v) is 3.96. The monoisotopic (exact) mass is 237 g/mol. The van der Waals surface area contributed by atoms with Crippen LogP contribution in [0.4, 0.5) is 0 Å². The van der Waals surface area contributed by atoms with E-state index in [4.69, 9.17) is 5.73 Å². The highest BCUT2D eigenvalue weighted by Gasteiger charge is 2.37. The van der Waals surface area contributed by atoms with Gasteiger partial charge < -0.3 is 10.6 Å². The fourth-order valence-corrected chi connectivity index (χ4v) is 2.99. The molecule has 0 saturated carbocycles. The highest BCUT2D eigenvalue weighted by atomic mass is 16.2. The van der Waals surface area contributed by atoms with Crippen molar-refractivity contribution < 1.29 is 4.79 Å². The summed E-state index contributed by atoms with van der Waals surface area (Å²) in [6.45, 7) is 8.80. The van der Waals surface area contributed by atoms with Crippen LogP contribution in [0.5, 0.6) is 0 Å². The van der Waals surface area contributed by atoms with Gasteiger partial charge in [-0.05, 0) is 32.7 Å². The van der Waals surface area contributed by atoms with Crippen molar-refractivity contribution in [3.63, 3.8) is 0 Å². The van der Waals surface area contributed by atoms with Crippen LogP contribution in [0.25, 0.3) is 0 Å². The minimum absolute atomic E-state index is 0.0870. The van der Waals surface area contributed by atoms with Crippen LogP contribution in [-0.4, -0.2) is 53.5 Å². The van der Waals surface area contributed by atoms with E-state index in [1.807, 2.05) is 4.90 Å². The molecule has 1 amide bonds. The summed E-state index contributed by atoms with van der Waals surface area (Å²) < 4.78 is 0. The molecule has 0 radical (unpaired) electrons. The molecule has 0 aromatic heterocycles. The summed E-state index contributed by atoms with van der Waals surface area (Å²) in [7, 11) is 0. The van der Waals surface area contributed by atoms with Gasteiger partial charge in [0.05, 0.1) is 6.04 Å². The molecule has 0 aliphatic carbocycles. The summed E-state index contributed by atoms with van der Waals surface area (Å²) in [4.78, 5) is 16.7. The van der Waals surface area contributed by atoms with Crippen molar-refractivity contribution in [1.29, 1.82) is 0 Å². The minimum atomic E-state index is -0.414. The van der Waals surface area contributed by atoms with Gasteiger partial charge in [0.25, 0.3) is 0 Å². The first-order valence-corrected chi connectivity index (χ1v) is 6.54. The number of rotatable bonds is 3. The van der Waals surface area contributed by atoms with Gasteiger partial charge in [0.1, 0.15) is 0 Å². The number of amides is 1. The quantitative estimate of drug-likeness (QED) is 0.731. The van der Waals surface area contributed by atoms with Crippen LogP contribution in [0.15, 0.2) is 12.7 Å². The fourth-order valence-electron chi connectivity index (χ4n) is 2.99. The maximum Gasteiger partial charge on any atom is 0.240 e. The Labute approximate surface area is 103 Å². The Hall–Kier alpha value is -0.870. The number of carbonyl (C=O) groups is 1. The topological polar surface area (TPSA) is 49.6 Å². The van der Waals surface area contributed by atoms with Crippen LogP contribution < -0.4 is 5.73 Å². The molecule has 2 N–H and O–H groups in total. The lowest BCUT2D eigenvalue weighted by atomic mass is 10.1. The molecule has 96 valence electrons. The van der Waals surface area contributed by atoms with Gasteiger partial charge in [-0.15, -0.1) is 6.58 Å². The van der Waals surface area contributed by atoms with Gasteiger partial charge in [-0.1, -0.05) is 6.08 Å². The summed E-state index contributed by atoms with van der Waals surface area (Å²) >= 11 is 0. The molecular weight excluding hydrogens is 214 g/mol. The molecule has 4 heteroatoms. The number of carbonyl (C=O) groups excluding carboxylic acids is 1. The largest absolute Gasteiger partial charge is 0.336 e. The first-order valence-electron chi connectivity index (χ1n) is 6.54. The predicted octanol–water partition coefficient (Wildman–Crippen LogP) is 0.585. The van der Waals surface area contributed by atoms with Crippen molar-refractivity contribution in [2.45, 2.75) is 44.3 Å². The lowest BCUT2D eigenvalue weighted by Gasteiger charge is -2.43. The zero-order valence-electron chi connectivity index (χ0n) is 10.6. The normalized spacial score (nSPS) is 31.1. The van der Waals surface area contributed by atoms with Gasteiger partial charge >= 0.3 is 0 Å². The lowest BCUT2D eigenvalue weighted by molar-refractivity contribution is -0.138. The molecule has 3 atom stereocenters. The zero-order valence-corrected chi connectivity index (χ0v) is 10.6. The van der Waals surface area contributed by atoms with Crippen molar-refractivity contribution in [2.75, 3.05) is 19.6 Å². The minimum Gasteiger partial charge on any atom is -0.336 e. The van der Waals surface area contributed by atoms with Crippen molar-refractivity contribution in [2.24, 2.45) is 5.73 Å². The van der Waals surface area contributed by atoms with Crippen LogP contribution >= 0.6 is 0 Å². The van der Waals surface area contributed by atoms with E-state index < -0.39 is 6.04 Å². The van der Waals surface area contributed by atoms with E-state index in [9.17, 15) is 4.79 Å². The standard InChI is InChI=1S/C13H23N3O/c1-3-5-12(14)13(17)16-9-11-6-4-7-15(11)8-10(16)2/h3,10-12H,1,4-9,14H2,2H3. The Morgan fingerprint density at radius 2 is 2.35 bits per heavy atom. The molecule has 3 unspecified atom stereocenters. The highest BCUT2D eigenvalue weighted by Crippen LogP contribution is 2.24. The van der Waals surface area contributed by atoms with Crippen molar-refractivity contribution in [3.05, 3.63) is 12.7 Å². The van der Waals surface area contributed by atoms with E-state index in [1.165, 1.54) is 19.4 Å². The lowest BCUT2D eigenvalue weighted by Crippen LogP contribution is -2.59. The van der Waals surface area contributed by atoms with Gasteiger partial charge in [-0.2, -0.15) is 0 Å². The summed E-state index contributed by atoms with van der Waals surface area (Å²) in [5, 5.41) is 0. The number of hydrogen-bond acceptors (Lipinski definition) is 3. The molecule has 0 spiro atoms. The molecule has 2 heterocycles. The second kappa shape index (κ2) is 5.19. The fraction of sp³-hybridized carbons (Fsp3) is 0.769. The second-order valence-electron chi connectivity index (χ2n) is 5.26. The Morgan fingerprint density at radius 1 is 1.59 bits per heavy atom. The number of fused-ring (bicyclic) bond motifs is 1. The zero-order chi connectivity index (χ0) is 12.4. The number of hydrogen-bond donors (Lipinski definition) is 1. The van der Waals surface area contributed by atoms with Gasteiger partial charge in [0, 0.05) is 25.2 Å². The second-order valence-corrected chi connectivity index (χ2v) is 5.26. The van der Waals surface area contributed by atoms with Crippen LogP contribution in [0.3, 0.4) is 0 Å². The van der Waals surface area contributed by atoms with Gasteiger partial charge in [-0.25, -0.2) is 0 Å². The smallest absolute Gasteiger partial charge is 0.240 e. The van der Waals surface area contributed by atoms with Crippen molar-refractivity contribution in [1.82, 2.24) is 9.80 Å². The van der Waals surface area contributed by atoms with Crippen molar-refractivity contribution in [3.8, 4) is 0 Å². The van der Waals surface area contributed by atoms with E-state index >= 15 is 0 Å². The van der Waals surface area contributed by atoms with Gasteiger partial charge in [-0.3, -0.25) is 9.69 Å². The summed E-state index contributed by atoms with van der Waals surface area (Å²) in [5.74, 6) is 0.0870. The number of nitrogens with two attached hydrogens (primary N) is 1. The van der Waals surface area contributed by atoms with Crippen LogP contribution in [-0.2, 0) is 4.79 Å². The molecule has 4 nitrogen and oxygen atoms in total. The SMILES string of the molecule is C=CCC(N)C(=O)N1CC2CCCN2CC1C. The summed E-state index contributed by atoms with van der Waals surface area (Å²) in [5.41, 5.74) is 5.88. The van der Waals surface area contributed by atoms with E-state index in [1.54, 1.807) is 6.08 Å². The third kappa shape index (κ3) is 2.53. The molecule has 2 fully saturated rings.